The fourth-order valence-electron chi connectivity index (χ4n) is 3.63. The molecule has 2 atom stereocenters. The van der Waals surface area contributed by atoms with Crippen molar-refractivity contribution in [3.05, 3.63) is 29.0 Å². The zero-order valence-corrected chi connectivity index (χ0v) is 16.1. The zero-order chi connectivity index (χ0) is 17.8. The smallest absolute Gasteiger partial charge is 0.226 e. The van der Waals surface area contributed by atoms with E-state index in [1.807, 2.05) is 13.2 Å². The summed E-state index contributed by atoms with van der Waals surface area (Å²) in [5.41, 5.74) is 2.12. The third-order valence-corrected chi connectivity index (χ3v) is 5.33. The highest BCUT2D eigenvalue weighted by Crippen LogP contribution is 2.24. The molecule has 3 heterocycles. The molecule has 0 bridgehead atoms. The van der Waals surface area contributed by atoms with Gasteiger partial charge >= 0.3 is 0 Å². The van der Waals surface area contributed by atoms with Crippen LogP contribution in [-0.4, -0.2) is 38.7 Å². The summed E-state index contributed by atoms with van der Waals surface area (Å²) < 4.78 is 1.75. The van der Waals surface area contributed by atoms with Crippen molar-refractivity contribution in [1.82, 2.24) is 19.7 Å². The van der Waals surface area contributed by atoms with Crippen LogP contribution in [0.3, 0.4) is 0 Å². The number of piperidine rings is 1. The summed E-state index contributed by atoms with van der Waals surface area (Å²) in [5, 5.41) is 9.79. The van der Waals surface area contributed by atoms with Crippen LogP contribution in [0.2, 0.25) is 0 Å². The summed E-state index contributed by atoms with van der Waals surface area (Å²) in [5.74, 6) is 1.49. The van der Waals surface area contributed by atoms with Crippen LogP contribution in [0.15, 0.2) is 17.8 Å². The number of amides is 1. The van der Waals surface area contributed by atoms with Crippen molar-refractivity contribution < 1.29 is 4.79 Å². The van der Waals surface area contributed by atoms with E-state index in [1.165, 1.54) is 17.8 Å². The molecule has 1 N–H and O–H groups in total. The molecule has 6 nitrogen and oxygen atoms in total. The van der Waals surface area contributed by atoms with Crippen molar-refractivity contribution in [3.8, 4) is 0 Å². The minimum Gasteiger partial charge on any atom is -0.302 e. The van der Waals surface area contributed by atoms with Gasteiger partial charge in [-0.2, -0.15) is 5.10 Å². The third kappa shape index (κ3) is 5.37. The van der Waals surface area contributed by atoms with E-state index in [0.717, 1.165) is 42.7 Å². The van der Waals surface area contributed by atoms with Gasteiger partial charge in [-0.1, -0.05) is 13.8 Å². The lowest BCUT2D eigenvalue weighted by atomic mass is 9.92. The van der Waals surface area contributed by atoms with Gasteiger partial charge in [0.1, 0.15) is 0 Å². The molecule has 1 saturated heterocycles. The fraction of sp³-hybridized carbons (Fsp3) is 0.611. The Kier molecular flexibility index (Phi) is 5.86. The largest absolute Gasteiger partial charge is 0.302 e. The van der Waals surface area contributed by atoms with Gasteiger partial charge in [0, 0.05) is 44.7 Å². The van der Waals surface area contributed by atoms with E-state index >= 15 is 0 Å². The molecule has 1 amide bonds. The molecule has 1 aliphatic rings. The molecule has 1 fully saturated rings. The van der Waals surface area contributed by atoms with Gasteiger partial charge in [0.25, 0.3) is 0 Å². The lowest BCUT2D eigenvalue weighted by molar-refractivity contribution is -0.116. The topological polar surface area (TPSA) is 63.1 Å². The first-order chi connectivity index (χ1) is 12.0. The first-order valence-corrected chi connectivity index (χ1v) is 9.80. The molecule has 0 saturated carbocycles. The summed E-state index contributed by atoms with van der Waals surface area (Å²) >= 11 is 1.51. The number of nitrogens with zero attached hydrogens (tertiary/aromatic N) is 4. The number of nitrogens with one attached hydrogen (secondary N) is 1. The lowest BCUT2D eigenvalue weighted by Gasteiger charge is -2.34. The third-order valence-electron chi connectivity index (χ3n) is 4.53. The average Bonchev–Trinajstić information content (AvgIpc) is 3.13. The number of carbonyl (C=O) groups is 1. The molecule has 136 valence electrons. The molecule has 0 unspecified atom stereocenters. The second-order valence-electron chi connectivity index (χ2n) is 7.35. The van der Waals surface area contributed by atoms with Gasteiger partial charge in [-0.05, 0) is 30.2 Å². The maximum Gasteiger partial charge on any atom is 0.226 e. The molecule has 0 aromatic carbocycles. The molecule has 3 rings (SSSR count). The van der Waals surface area contributed by atoms with Crippen molar-refractivity contribution in [1.29, 1.82) is 0 Å². The predicted octanol–water partition coefficient (Wildman–Crippen LogP) is 2.93. The Bertz CT molecular complexity index is 700. The molecule has 0 aliphatic carbocycles. The standard InChI is InChI=1S/C18H27N5OS/c1-13-6-14(2)9-23(8-13)11-16-12-25-18(20-16)21-17(24)5-4-15-7-19-22(3)10-15/h7,10,12-14H,4-6,8-9,11H2,1-3H3,(H,20,21,24)/t13-,14+. The van der Waals surface area contributed by atoms with Gasteiger partial charge in [0.2, 0.25) is 5.91 Å². The van der Waals surface area contributed by atoms with Crippen molar-refractivity contribution >= 4 is 22.4 Å². The van der Waals surface area contributed by atoms with E-state index in [1.54, 1.807) is 10.9 Å². The number of rotatable bonds is 6. The van der Waals surface area contributed by atoms with Crippen LogP contribution in [0, 0.1) is 11.8 Å². The van der Waals surface area contributed by atoms with E-state index < -0.39 is 0 Å². The Morgan fingerprint density at radius 1 is 1.36 bits per heavy atom. The monoisotopic (exact) mass is 361 g/mol. The van der Waals surface area contributed by atoms with Crippen LogP contribution < -0.4 is 5.32 Å². The van der Waals surface area contributed by atoms with E-state index in [2.05, 4.69) is 39.5 Å². The predicted molar refractivity (Wildman–Crippen MR) is 100 cm³/mol. The lowest BCUT2D eigenvalue weighted by Crippen LogP contribution is -2.38. The van der Waals surface area contributed by atoms with E-state index in [9.17, 15) is 4.79 Å². The van der Waals surface area contributed by atoms with Crippen LogP contribution in [0.25, 0.3) is 0 Å². The number of aromatic nitrogens is 3. The highest BCUT2D eigenvalue weighted by molar-refractivity contribution is 7.13. The van der Waals surface area contributed by atoms with Crippen molar-refractivity contribution in [3.63, 3.8) is 0 Å². The van der Waals surface area contributed by atoms with Gasteiger partial charge in [0.05, 0.1) is 11.9 Å². The van der Waals surface area contributed by atoms with Crippen LogP contribution in [0.4, 0.5) is 5.13 Å². The van der Waals surface area contributed by atoms with Crippen LogP contribution in [0.5, 0.6) is 0 Å². The van der Waals surface area contributed by atoms with Crippen molar-refractivity contribution in [2.75, 3.05) is 18.4 Å². The molecule has 2 aromatic heterocycles. The van der Waals surface area contributed by atoms with Gasteiger partial charge in [-0.15, -0.1) is 11.3 Å². The summed E-state index contributed by atoms with van der Waals surface area (Å²) in [6, 6.07) is 0. The first-order valence-electron chi connectivity index (χ1n) is 8.92. The quantitative estimate of drug-likeness (QED) is 0.859. The minimum atomic E-state index is 0.00460. The van der Waals surface area contributed by atoms with E-state index in [4.69, 9.17) is 0 Å². The zero-order valence-electron chi connectivity index (χ0n) is 15.2. The van der Waals surface area contributed by atoms with Crippen LogP contribution >= 0.6 is 11.3 Å². The first kappa shape index (κ1) is 18.1. The summed E-state index contributed by atoms with van der Waals surface area (Å²) in [7, 11) is 1.88. The number of aryl methyl sites for hydroxylation is 2. The summed E-state index contributed by atoms with van der Waals surface area (Å²) in [4.78, 5) is 19.2. The molecule has 7 heteroatoms. The van der Waals surface area contributed by atoms with Crippen molar-refractivity contribution in [2.45, 2.75) is 39.7 Å². The van der Waals surface area contributed by atoms with Gasteiger partial charge < -0.3 is 5.32 Å². The highest BCUT2D eigenvalue weighted by Gasteiger charge is 2.22. The second-order valence-corrected chi connectivity index (χ2v) is 8.21. The van der Waals surface area contributed by atoms with Gasteiger partial charge in [-0.3, -0.25) is 14.4 Å². The molecule has 0 radical (unpaired) electrons. The minimum absolute atomic E-state index is 0.00460. The molecule has 0 spiro atoms. The number of carbonyl (C=O) groups excluding carboxylic acids is 1. The fourth-order valence-corrected chi connectivity index (χ4v) is 4.35. The molecular weight excluding hydrogens is 334 g/mol. The Hall–Kier alpha value is -1.73. The normalized spacial score (nSPS) is 21.4. The Balaban J connectivity index is 1.47. The Labute approximate surface area is 153 Å². The molecular formula is C18H27N5OS. The maximum absolute atomic E-state index is 12.1. The number of anilines is 1. The summed E-state index contributed by atoms with van der Waals surface area (Å²) in [6.07, 6.45) is 6.19. The summed E-state index contributed by atoms with van der Waals surface area (Å²) in [6.45, 7) is 7.77. The average molecular weight is 362 g/mol. The van der Waals surface area contributed by atoms with E-state index in [0.29, 0.717) is 18.0 Å². The second kappa shape index (κ2) is 8.10. The Morgan fingerprint density at radius 2 is 2.12 bits per heavy atom. The number of hydrogen-bond acceptors (Lipinski definition) is 5. The van der Waals surface area contributed by atoms with Crippen molar-refractivity contribution in [2.24, 2.45) is 18.9 Å². The highest BCUT2D eigenvalue weighted by atomic mass is 32.1. The number of thiazole rings is 1. The SMILES string of the molecule is C[C@@H]1C[C@H](C)CN(Cc2csc(NC(=O)CCc3cnn(C)c3)n2)C1. The maximum atomic E-state index is 12.1. The molecule has 25 heavy (non-hydrogen) atoms. The number of likely N-dealkylation sites (tertiary alicyclic amines) is 1. The van der Waals surface area contributed by atoms with Gasteiger partial charge in [-0.25, -0.2) is 4.98 Å². The van der Waals surface area contributed by atoms with Crippen LogP contribution in [-0.2, 0) is 24.8 Å². The van der Waals surface area contributed by atoms with E-state index in [-0.39, 0.29) is 5.91 Å². The van der Waals surface area contributed by atoms with Gasteiger partial charge in [0.15, 0.2) is 5.13 Å². The van der Waals surface area contributed by atoms with Crippen LogP contribution in [0.1, 0.15) is 37.9 Å². The Morgan fingerprint density at radius 3 is 2.80 bits per heavy atom. The molecule has 1 aliphatic heterocycles. The number of hydrogen-bond donors (Lipinski definition) is 1. The molecule has 2 aromatic rings.